The largest absolute Gasteiger partial charge is 0.377 e. The van der Waals surface area contributed by atoms with E-state index in [1.807, 2.05) is 25.1 Å². The van der Waals surface area contributed by atoms with Crippen molar-refractivity contribution in [2.75, 3.05) is 11.9 Å². The third-order valence-corrected chi connectivity index (χ3v) is 4.37. The van der Waals surface area contributed by atoms with Crippen molar-refractivity contribution in [2.45, 2.75) is 19.9 Å². The zero-order valence-corrected chi connectivity index (χ0v) is 13.9. The minimum atomic E-state index is 0.0451. The lowest BCUT2D eigenvalue weighted by molar-refractivity contribution is 0.785. The number of nitrogens with two attached hydrogens (primary N) is 1. The van der Waals surface area contributed by atoms with Crippen LogP contribution < -0.4 is 11.1 Å². The number of halogens is 2. The average Bonchev–Trinajstić information content (AvgIpc) is 2.41. The predicted octanol–water partition coefficient (Wildman–Crippen LogP) is 4.83. The van der Waals surface area contributed by atoms with E-state index in [4.69, 9.17) is 17.3 Å². The molecule has 0 fully saturated rings. The van der Waals surface area contributed by atoms with Crippen LogP contribution in [0.2, 0.25) is 5.02 Å². The molecular weight excluding hydrogens is 336 g/mol. The second-order valence-electron chi connectivity index (χ2n) is 4.92. The molecule has 2 nitrogen and oxygen atoms in total. The minimum Gasteiger partial charge on any atom is -0.377 e. The molecule has 1 atom stereocenters. The molecule has 0 aliphatic carbocycles. The maximum Gasteiger partial charge on any atom is 0.0647 e. The number of rotatable bonds is 4. The number of aryl methyl sites for hydroxylation is 2. The van der Waals surface area contributed by atoms with Gasteiger partial charge in [0.25, 0.3) is 0 Å². The van der Waals surface area contributed by atoms with Gasteiger partial charge in [0.15, 0.2) is 0 Å². The smallest absolute Gasteiger partial charge is 0.0647 e. The summed E-state index contributed by atoms with van der Waals surface area (Å²) in [6.07, 6.45) is 0. The van der Waals surface area contributed by atoms with Gasteiger partial charge in [-0.05, 0) is 48.7 Å². The summed E-state index contributed by atoms with van der Waals surface area (Å²) in [4.78, 5) is 0. The lowest BCUT2D eigenvalue weighted by Gasteiger charge is -2.20. The normalized spacial score (nSPS) is 12.2. The number of benzene rings is 2. The van der Waals surface area contributed by atoms with Gasteiger partial charge in [-0.2, -0.15) is 0 Å². The Kier molecular flexibility index (Phi) is 5.08. The lowest BCUT2D eigenvalue weighted by Crippen LogP contribution is -2.21. The summed E-state index contributed by atoms with van der Waals surface area (Å²) in [5.74, 6) is 0. The van der Waals surface area contributed by atoms with Crippen LogP contribution in [0.15, 0.2) is 40.9 Å². The SMILES string of the molecule is Cc1ccc(C(CN)Nc2ccc(C)c(Cl)c2)c(Br)c1. The van der Waals surface area contributed by atoms with Gasteiger partial charge >= 0.3 is 0 Å². The second-order valence-corrected chi connectivity index (χ2v) is 6.18. The van der Waals surface area contributed by atoms with Crippen LogP contribution in [-0.4, -0.2) is 6.54 Å². The first-order valence-electron chi connectivity index (χ1n) is 6.50. The van der Waals surface area contributed by atoms with E-state index in [0.717, 1.165) is 26.3 Å². The number of hydrogen-bond acceptors (Lipinski definition) is 2. The van der Waals surface area contributed by atoms with Crippen molar-refractivity contribution in [3.8, 4) is 0 Å². The third kappa shape index (κ3) is 3.54. The third-order valence-electron chi connectivity index (χ3n) is 3.28. The van der Waals surface area contributed by atoms with Crippen LogP contribution in [0.4, 0.5) is 5.69 Å². The van der Waals surface area contributed by atoms with Crippen LogP contribution in [0.25, 0.3) is 0 Å². The topological polar surface area (TPSA) is 38.0 Å². The maximum atomic E-state index is 6.16. The molecule has 0 bridgehead atoms. The van der Waals surface area contributed by atoms with E-state index in [-0.39, 0.29) is 6.04 Å². The van der Waals surface area contributed by atoms with E-state index in [1.54, 1.807) is 0 Å². The van der Waals surface area contributed by atoms with Gasteiger partial charge in [0.1, 0.15) is 0 Å². The Morgan fingerprint density at radius 1 is 1.20 bits per heavy atom. The van der Waals surface area contributed by atoms with E-state index >= 15 is 0 Å². The Morgan fingerprint density at radius 3 is 2.55 bits per heavy atom. The molecule has 0 spiro atoms. The van der Waals surface area contributed by atoms with Gasteiger partial charge in [-0.3, -0.25) is 0 Å². The molecule has 20 heavy (non-hydrogen) atoms. The Labute approximate surface area is 133 Å². The quantitative estimate of drug-likeness (QED) is 0.826. The van der Waals surface area contributed by atoms with Crippen LogP contribution >= 0.6 is 27.5 Å². The molecule has 0 heterocycles. The highest BCUT2D eigenvalue weighted by Gasteiger charge is 2.13. The van der Waals surface area contributed by atoms with Gasteiger partial charge in [-0.1, -0.05) is 45.7 Å². The Balaban J connectivity index is 2.26. The first kappa shape index (κ1) is 15.4. The van der Waals surface area contributed by atoms with Crippen LogP contribution in [-0.2, 0) is 0 Å². The first-order chi connectivity index (χ1) is 9.51. The van der Waals surface area contributed by atoms with Crippen molar-refractivity contribution in [1.82, 2.24) is 0 Å². The fourth-order valence-electron chi connectivity index (χ4n) is 2.06. The van der Waals surface area contributed by atoms with Gasteiger partial charge in [0.05, 0.1) is 6.04 Å². The Morgan fingerprint density at radius 2 is 1.95 bits per heavy atom. The molecule has 2 aromatic rings. The molecule has 0 radical (unpaired) electrons. The summed E-state index contributed by atoms with van der Waals surface area (Å²) in [5, 5.41) is 4.19. The maximum absolute atomic E-state index is 6.16. The predicted molar refractivity (Wildman–Crippen MR) is 90.5 cm³/mol. The Bertz CT molecular complexity index is 613. The highest BCUT2D eigenvalue weighted by molar-refractivity contribution is 9.10. The monoisotopic (exact) mass is 352 g/mol. The fraction of sp³-hybridized carbons (Fsp3) is 0.250. The summed E-state index contributed by atoms with van der Waals surface area (Å²) >= 11 is 9.76. The molecule has 0 saturated carbocycles. The van der Waals surface area contributed by atoms with Gasteiger partial charge in [-0.25, -0.2) is 0 Å². The fourth-order valence-corrected chi connectivity index (χ4v) is 3.01. The average molecular weight is 354 g/mol. The van der Waals surface area contributed by atoms with Crippen LogP contribution in [0.1, 0.15) is 22.7 Å². The molecule has 0 amide bonds. The summed E-state index contributed by atoms with van der Waals surface area (Å²) in [7, 11) is 0. The van der Waals surface area contributed by atoms with Crippen LogP contribution in [0.5, 0.6) is 0 Å². The van der Waals surface area contributed by atoms with Crippen molar-refractivity contribution in [2.24, 2.45) is 5.73 Å². The number of anilines is 1. The molecule has 106 valence electrons. The molecule has 1 unspecified atom stereocenters. The molecule has 2 aromatic carbocycles. The Hall–Kier alpha value is -1.03. The summed E-state index contributed by atoms with van der Waals surface area (Å²) in [6, 6.07) is 12.3. The number of nitrogens with one attached hydrogen (secondary N) is 1. The lowest BCUT2D eigenvalue weighted by atomic mass is 10.0. The van der Waals surface area contributed by atoms with Crippen molar-refractivity contribution in [1.29, 1.82) is 0 Å². The summed E-state index contributed by atoms with van der Waals surface area (Å²) in [6.45, 7) is 4.56. The summed E-state index contributed by atoms with van der Waals surface area (Å²) in [5.41, 5.74) is 10.3. The molecule has 0 aliphatic heterocycles. The second kappa shape index (κ2) is 6.61. The zero-order chi connectivity index (χ0) is 14.7. The molecule has 0 aromatic heterocycles. The van der Waals surface area contributed by atoms with E-state index < -0.39 is 0 Å². The minimum absolute atomic E-state index is 0.0451. The van der Waals surface area contributed by atoms with Crippen LogP contribution in [0.3, 0.4) is 0 Å². The van der Waals surface area contributed by atoms with Gasteiger partial charge in [-0.15, -0.1) is 0 Å². The van der Waals surface area contributed by atoms with Gasteiger partial charge < -0.3 is 11.1 Å². The highest BCUT2D eigenvalue weighted by Crippen LogP contribution is 2.28. The van der Waals surface area contributed by atoms with Crippen molar-refractivity contribution < 1.29 is 0 Å². The molecule has 3 N–H and O–H groups in total. The molecule has 0 saturated heterocycles. The van der Waals surface area contributed by atoms with Gasteiger partial charge in [0.2, 0.25) is 0 Å². The van der Waals surface area contributed by atoms with E-state index in [0.29, 0.717) is 6.54 Å². The highest BCUT2D eigenvalue weighted by atomic mass is 79.9. The molecular formula is C16H18BrClN2. The van der Waals surface area contributed by atoms with Crippen molar-refractivity contribution in [3.05, 3.63) is 62.6 Å². The zero-order valence-electron chi connectivity index (χ0n) is 11.6. The molecule has 2 rings (SSSR count). The van der Waals surface area contributed by atoms with E-state index in [2.05, 4.69) is 46.4 Å². The molecule has 0 aliphatic rings. The van der Waals surface area contributed by atoms with Gasteiger partial charge in [0, 0.05) is 21.7 Å². The van der Waals surface area contributed by atoms with E-state index in [1.165, 1.54) is 5.56 Å². The number of hydrogen-bond donors (Lipinski definition) is 2. The summed E-state index contributed by atoms with van der Waals surface area (Å²) < 4.78 is 1.07. The van der Waals surface area contributed by atoms with Crippen molar-refractivity contribution >= 4 is 33.2 Å². The molecule has 4 heteroatoms. The first-order valence-corrected chi connectivity index (χ1v) is 7.67. The van der Waals surface area contributed by atoms with Crippen molar-refractivity contribution in [3.63, 3.8) is 0 Å². The van der Waals surface area contributed by atoms with Crippen LogP contribution in [0, 0.1) is 13.8 Å². The van der Waals surface area contributed by atoms with E-state index in [9.17, 15) is 0 Å². The standard InChI is InChI=1S/C16H18BrClN2/c1-10-3-6-13(14(17)7-10)16(9-19)20-12-5-4-11(2)15(18)8-12/h3-8,16,20H,9,19H2,1-2H3.